The summed E-state index contributed by atoms with van der Waals surface area (Å²) in [5.41, 5.74) is 8.70. The van der Waals surface area contributed by atoms with Gasteiger partial charge in [0, 0.05) is 50.0 Å². The van der Waals surface area contributed by atoms with E-state index in [4.69, 9.17) is 24.4 Å². The number of hydrogen-bond acceptors (Lipinski definition) is 5. The first kappa shape index (κ1) is 28.1. The fourth-order valence-electron chi connectivity index (χ4n) is 6.98. The highest BCUT2D eigenvalue weighted by Crippen LogP contribution is 2.39. The summed E-state index contributed by atoms with van der Waals surface area (Å²) in [7, 11) is 0. The van der Waals surface area contributed by atoms with Crippen LogP contribution in [0, 0.1) is 0 Å². The molecule has 4 aromatic heterocycles. The maximum absolute atomic E-state index is 6.43. The van der Waals surface area contributed by atoms with Gasteiger partial charge in [-0.3, -0.25) is 4.57 Å². The molecule has 0 saturated heterocycles. The molecule has 4 heterocycles. The molecule has 50 heavy (non-hydrogen) atoms. The number of nitrogens with zero attached hydrogens (tertiary/aromatic N) is 5. The highest BCUT2D eigenvalue weighted by atomic mass is 16.3. The van der Waals surface area contributed by atoms with Crippen molar-refractivity contribution < 1.29 is 4.42 Å². The van der Waals surface area contributed by atoms with E-state index in [0.29, 0.717) is 17.5 Å². The summed E-state index contributed by atoms with van der Waals surface area (Å²) in [6.45, 7) is 0. The predicted molar refractivity (Wildman–Crippen MR) is 201 cm³/mol. The van der Waals surface area contributed by atoms with Gasteiger partial charge in [0.25, 0.3) is 0 Å². The third-order valence-corrected chi connectivity index (χ3v) is 9.32. The van der Waals surface area contributed by atoms with Gasteiger partial charge in [0.05, 0.1) is 11.0 Å². The van der Waals surface area contributed by atoms with E-state index in [-0.39, 0.29) is 0 Å². The van der Waals surface area contributed by atoms with Crippen LogP contribution in [0.5, 0.6) is 0 Å². The lowest BCUT2D eigenvalue weighted by atomic mass is 10.0. The average Bonchev–Trinajstić information content (AvgIpc) is 3.74. The Morgan fingerprint density at radius 1 is 0.420 bits per heavy atom. The van der Waals surface area contributed by atoms with Crippen LogP contribution in [-0.4, -0.2) is 24.5 Å². The Hall–Kier alpha value is -6.92. The van der Waals surface area contributed by atoms with Crippen molar-refractivity contribution in [1.82, 2.24) is 24.5 Å². The van der Waals surface area contributed by atoms with Crippen LogP contribution in [-0.2, 0) is 0 Å². The van der Waals surface area contributed by atoms with Crippen molar-refractivity contribution in [2.24, 2.45) is 0 Å². The third-order valence-electron chi connectivity index (χ3n) is 9.32. The molecule has 0 aliphatic heterocycles. The van der Waals surface area contributed by atoms with Crippen molar-refractivity contribution in [3.8, 4) is 51.1 Å². The Morgan fingerprint density at radius 2 is 1.04 bits per heavy atom. The molecule has 10 aromatic rings. The molecular weight excluding hydrogens is 615 g/mol. The highest BCUT2D eigenvalue weighted by Gasteiger charge is 2.18. The van der Waals surface area contributed by atoms with E-state index < -0.39 is 0 Å². The van der Waals surface area contributed by atoms with E-state index in [1.165, 1.54) is 0 Å². The molecule has 0 unspecified atom stereocenters. The first-order valence-electron chi connectivity index (χ1n) is 16.6. The molecule has 0 aliphatic carbocycles. The van der Waals surface area contributed by atoms with Crippen LogP contribution in [0.25, 0.3) is 94.9 Å². The molecule has 234 valence electrons. The fraction of sp³-hybridized carbons (Fsp3) is 0. The van der Waals surface area contributed by atoms with Crippen molar-refractivity contribution in [3.05, 3.63) is 164 Å². The van der Waals surface area contributed by atoms with E-state index in [0.717, 1.165) is 77.4 Å². The smallest absolute Gasteiger partial charge is 0.164 e. The number of fused-ring (bicyclic) bond motifs is 6. The number of hydrogen-bond donors (Lipinski definition) is 0. The van der Waals surface area contributed by atoms with Crippen molar-refractivity contribution in [3.63, 3.8) is 0 Å². The quantitative estimate of drug-likeness (QED) is 0.187. The Balaban J connectivity index is 1.17. The summed E-state index contributed by atoms with van der Waals surface area (Å²) in [6, 6.07) is 53.8. The summed E-state index contributed by atoms with van der Waals surface area (Å²) in [4.78, 5) is 19.8. The molecule has 0 amide bonds. The molecule has 0 atom stereocenters. The molecule has 6 aromatic carbocycles. The van der Waals surface area contributed by atoms with Gasteiger partial charge in [-0.1, -0.05) is 127 Å². The fourth-order valence-corrected chi connectivity index (χ4v) is 6.98. The van der Waals surface area contributed by atoms with E-state index in [1.54, 1.807) is 0 Å². The van der Waals surface area contributed by atoms with E-state index in [9.17, 15) is 0 Å². The van der Waals surface area contributed by atoms with Crippen molar-refractivity contribution in [2.45, 2.75) is 0 Å². The average molecular weight is 642 g/mol. The second kappa shape index (κ2) is 11.4. The SMILES string of the molecule is c1ccc(-c2nc(-c3ccccc3)nc(-c3ccnc(-n4c5ccccc5c5ccc(-c6cccc7c6oc6ccccc67)cc54)c3)n2)cc1. The van der Waals surface area contributed by atoms with Crippen LogP contribution in [0.4, 0.5) is 0 Å². The summed E-state index contributed by atoms with van der Waals surface area (Å²) < 4.78 is 8.66. The lowest BCUT2D eigenvalue weighted by Crippen LogP contribution is -2.02. The van der Waals surface area contributed by atoms with Gasteiger partial charge >= 0.3 is 0 Å². The first-order valence-corrected chi connectivity index (χ1v) is 16.6. The first-order chi connectivity index (χ1) is 24.8. The standard InChI is InChI=1S/C44H27N5O/c1-3-12-28(13-4-1)42-46-43(29-14-5-2-6-15-29)48-44(47-42)31-24-25-45-40(27-31)49-37-20-9-7-16-33(37)34-23-22-30(26-38(34)49)32-18-11-19-36-35-17-8-10-21-39(35)50-41(32)36/h1-27H. The van der Waals surface area contributed by atoms with Crippen LogP contribution in [0.1, 0.15) is 0 Å². The monoisotopic (exact) mass is 641 g/mol. The van der Waals surface area contributed by atoms with Gasteiger partial charge in [-0.2, -0.15) is 0 Å². The second-order valence-corrected chi connectivity index (χ2v) is 12.3. The molecule has 0 saturated carbocycles. The summed E-state index contributed by atoms with van der Waals surface area (Å²) in [5, 5.41) is 4.52. The lowest BCUT2D eigenvalue weighted by molar-refractivity contribution is 0.670. The second-order valence-electron chi connectivity index (χ2n) is 12.3. The van der Waals surface area contributed by atoms with Gasteiger partial charge in [0.15, 0.2) is 17.5 Å². The Bertz CT molecular complexity index is 2820. The minimum atomic E-state index is 0.583. The van der Waals surface area contributed by atoms with Crippen LogP contribution in [0.15, 0.2) is 168 Å². The van der Waals surface area contributed by atoms with Gasteiger partial charge in [-0.15, -0.1) is 0 Å². The number of aromatic nitrogens is 5. The molecule has 10 rings (SSSR count). The molecule has 0 spiro atoms. The van der Waals surface area contributed by atoms with Crippen LogP contribution in [0.3, 0.4) is 0 Å². The minimum Gasteiger partial charge on any atom is -0.455 e. The lowest BCUT2D eigenvalue weighted by Gasteiger charge is -2.11. The van der Waals surface area contributed by atoms with Crippen molar-refractivity contribution in [1.29, 1.82) is 0 Å². The summed E-state index contributed by atoms with van der Waals surface area (Å²) in [5.74, 6) is 2.60. The van der Waals surface area contributed by atoms with Gasteiger partial charge in [0.1, 0.15) is 17.0 Å². The van der Waals surface area contributed by atoms with Crippen LogP contribution >= 0.6 is 0 Å². The maximum atomic E-state index is 6.43. The summed E-state index contributed by atoms with van der Waals surface area (Å²) in [6.07, 6.45) is 1.83. The molecule has 0 radical (unpaired) electrons. The number of furan rings is 1. The Morgan fingerprint density at radius 3 is 1.80 bits per heavy atom. The Labute approximate surface area is 287 Å². The number of pyridine rings is 1. The number of rotatable bonds is 5. The van der Waals surface area contributed by atoms with Crippen molar-refractivity contribution in [2.75, 3.05) is 0 Å². The normalized spacial score (nSPS) is 11.6. The van der Waals surface area contributed by atoms with Crippen LogP contribution in [0.2, 0.25) is 0 Å². The van der Waals surface area contributed by atoms with E-state index in [1.807, 2.05) is 85.1 Å². The predicted octanol–water partition coefficient (Wildman–Crippen LogP) is 10.9. The molecular formula is C44H27N5O. The van der Waals surface area contributed by atoms with Gasteiger partial charge < -0.3 is 4.42 Å². The maximum Gasteiger partial charge on any atom is 0.164 e. The molecule has 0 aliphatic rings. The molecule has 0 bridgehead atoms. The van der Waals surface area contributed by atoms with E-state index >= 15 is 0 Å². The number of benzene rings is 6. The zero-order valence-corrected chi connectivity index (χ0v) is 26.7. The molecule has 0 N–H and O–H groups in total. The molecule has 6 nitrogen and oxygen atoms in total. The highest BCUT2D eigenvalue weighted by molar-refractivity contribution is 6.12. The largest absolute Gasteiger partial charge is 0.455 e. The molecule has 0 fully saturated rings. The van der Waals surface area contributed by atoms with E-state index in [2.05, 4.69) is 83.4 Å². The van der Waals surface area contributed by atoms with Crippen LogP contribution < -0.4 is 0 Å². The number of para-hydroxylation sites is 3. The van der Waals surface area contributed by atoms with Crippen molar-refractivity contribution >= 4 is 43.7 Å². The van der Waals surface area contributed by atoms with Gasteiger partial charge in [-0.25, -0.2) is 19.9 Å². The molecule has 6 heteroatoms. The van der Waals surface area contributed by atoms with Gasteiger partial charge in [-0.05, 0) is 35.9 Å². The van der Waals surface area contributed by atoms with Gasteiger partial charge in [0.2, 0.25) is 0 Å². The zero-order valence-electron chi connectivity index (χ0n) is 26.7. The Kier molecular flexibility index (Phi) is 6.39. The third kappa shape index (κ3) is 4.58. The minimum absolute atomic E-state index is 0.583. The zero-order chi connectivity index (χ0) is 33.0. The topological polar surface area (TPSA) is 69.6 Å². The summed E-state index contributed by atoms with van der Waals surface area (Å²) >= 11 is 0.